The molecule has 1 unspecified atom stereocenters. The number of hydrogen-bond donors (Lipinski definition) is 3. The van der Waals surface area contributed by atoms with Gasteiger partial charge in [0.25, 0.3) is 5.91 Å². The van der Waals surface area contributed by atoms with E-state index in [2.05, 4.69) is 21.7 Å². The van der Waals surface area contributed by atoms with Crippen molar-refractivity contribution in [2.45, 2.75) is 71.1 Å². The predicted octanol–water partition coefficient (Wildman–Crippen LogP) is 4.04. The molecule has 6 heteroatoms. The summed E-state index contributed by atoms with van der Waals surface area (Å²) >= 11 is 0. The van der Waals surface area contributed by atoms with Crippen molar-refractivity contribution in [3.63, 3.8) is 0 Å². The van der Waals surface area contributed by atoms with Crippen molar-refractivity contribution in [3.8, 4) is 0 Å². The molecule has 27 heavy (non-hydrogen) atoms. The summed E-state index contributed by atoms with van der Waals surface area (Å²) in [5.41, 5.74) is 2.09. The van der Waals surface area contributed by atoms with Gasteiger partial charge in [0.1, 0.15) is 11.3 Å². The lowest BCUT2D eigenvalue weighted by Crippen LogP contribution is -2.54. The van der Waals surface area contributed by atoms with Gasteiger partial charge in [0.05, 0.1) is 6.04 Å². The van der Waals surface area contributed by atoms with E-state index in [9.17, 15) is 9.59 Å². The third-order valence-corrected chi connectivity index (χ3v) is 4.81. The molecule has 3 N–H and O–H groups in total. The van der Waals surface area contributed by atoms with Crippen LogP contribution in [0.15, 0.2) is 24.3 Å². The molecule has 0 aliphatic heterocycles. The Morgan fingerprint density at radius 2 is 1.74 bits per heavy atom. The number of ether oxygens (including phenoxy) is 1. The Labute approximate surface area is 160 Å². The Kier molecular flexibility index (Phi) is 5.44. The first-order valence-corrected chi connectivity index (χ1v) is 9.61. The first-order valence-electron chi connectivity index (χ1n) is 9.61. The Morgan fingerprint density at radius 1 is 1.07 bits per heavy atom. The highest BCUT2D eigenvalue weighted by molar-refractivity contribution is 5.98. The molecule has 0 spiro atoms. The lowest BCUT2D eigenvalue weighted by molar-refractivity contribution is 0.0474. The topological polar surface area (TPSA) is 83.2 Å². The van der Waals surface area contributed by atoms with Crippen LogP contribution in [0, 0.1) is 6.92 Å². The minimum absolute atomic E-state index is 0.105. The van der Waals surface area contributed by atoms with Crippen molar-refractivity contribution < 1.29 is 14.3 Å². The van der Waals surface area contributed by atoms with Crippen LogP contribution in [0.3, 0.4) is 0 Å². The van der Waals surface area contributed by atoms with Crippen LogP contribution in [0.2, 0.25) is 0 Å². The molecule has 6 nitrogen and oxygen atoms in total. The summed E-state index contributed by atoms with van der Waals surface area (Å²) in [7, 11) is 0. The Hall–Kier alpha value is -2.50. The van der Waals surface area contributed by atoms with Crippen molar-refractivity contribution in [2.24, 2.45) is 0 Å². The van der Waals surface area contributed by atoms with Crippen molar-refractivity contribution in [1.82, 2.24) is 15.6 Å². The van der Waals surface area contributed by atoms with Gasteiger partial charge >= 0.3 is 6.09 Å². The van der Waals surface area contributed by atoms with E-state index in [-0.39, 0.29) is 18.0 Å². The number of rotatable bonds is 3. The van der Waals surface area contributed by atoms with Crippen LogP contribution in [0.5, 0.6) is 0 Å². The number of amides is 2. The monoisotopic (exact) mass is 371 g/mol. The van der Waals surface area contributed by atoms with Crippen molar-refractivity contribution >= 4 is 22.9 Å². The van der Waals surface area contributed by atoms with E-state index in [1.165, 1.54) is 0 Å². The van der Waals surface area contributed by atoms with E-state index in [1.807, 2.05) is 45.9 Å². The van der Waals surface area contributed by atoms with Gasteiger partial charge < -0.3 is 20.4 Å². The lowest BCUT2D eigenvalue weighted by atomic mass is 9.90. The van der Waals surface area contributed by atoms with E-state index < -0.39 is 11.7 Å². The first kappa shape index (κ1) is 19.3. The molecule has 2 atom stereocenters. The number of aryl methyl sites for hydroxylation is 1. The largest absolute Gasteiger partial charge is 0.444 e. The molecule has 1 fully saturated rings. The van der Waals surface area contributed by atoms with Crippen molar-refractivity contribution in [1.29, 1.82) is 0 Å². The third kappa shape index (κ3) is 5.02. The number of benzene rings is 1. The summed E-state index contributed by atoms with van der Waals surface area (Å²) in [6.45, 7) is 7.54. The zero-order valence-electron chi connectivity index (χ0n) is 16.5. The van der Waals surface area contributed by atoms with Crippen molar-refractivity contribution in [3.05, 3.63) is 35.5 Å². The average Bonchev–Trinajstić information content (AvgIpc) is 2.98. The number of carbonyl (C=O) groups is 2. The normalized spacial score (nSPS) is 20.3. The maximum absolute atomic E-state index is 12.7. The second-order valence-corrected chi connectivity index (χ2v) is 8.39. The standard InChI is InChI=1S/C21H29N3O3/c1-13-9-10-15-14(11-13)12-18(22-15)19(25)23-16-7-5-6-8-17(16)24-20(26)27-21(2,3)4/h9-12,16-17,22H,5-8H2,1-4H3,(H,23,25)(H,24,26)/t16?,17-/m0/s1. The van der Waals surface area contributed by atoms with Gasteiger partial charge in [0, 0.05) is 16.9 Å². The highest BCUT2D eigenvalue weighted by atomic mass is 16.6. The Balaban J connectivity index is 1.67. The fourth-order valence-corrected chi connectivity index (χ4v) is 3.56. The van der Waals surface area contributed by atoms with Crippen LogP contribution < -0.4 is 10.6 Å². The molecule has 1 aliphatic carbocycles. The van der Waals surface area contributed by atoms with E-state index in [0.717, 1.165) is 42.1 Å². The summed E-state index contributed by atoms with van der Waals surface area (Å²) in [6, 6.07) is 7.70. The van der Waals surface area contributed by atoms with Gasteiger partial charge in [-0.2, -0.15) is 0 Å². The molecular formula is C21H29N3O3. The van der Waals surface area contributed by atoms with Gasteiger partial charge in [-0.05, 0) is 58.7 Å². The fourth-order valence-electron chi connectivity index (χ4n) is 3.56. The molecule has 146 valence electrons. The molecule has 1 aliphatic rings. The SMILES string of the molecule is Cc1ccc2[nH]c(C(=O)NC3CCCC[C@@H]3NC(=O)OC(C)(C)C)cc2c1. The zero-order valence-corrected chi connectivity index (χ0v) is 16.5. The van der Waals surface area contributed by atoms with Crippen LogP contribution in [0.4, 0.5) is 4.79 Å². The minimum Gasteiger partial charge on any atom is -0.444 e. The number of aromatic nitrogens is 1. The Morgan fingerprint density at radius 3 is 2.41 bits per heavy atom. The number of hydrogen-bond acceptors (Lipinski definition) is 3. The van der Waals surface area contributed by atoms with Gasteiger partial charge in [0.15, 0.2) is 0 Å². The molecule has 1 aromatic heterocycles. The molecule has 0 radical (unpaired) electrons. The number of aromatic amines is 1. The van der Waals surface area contributed by atoms with E-state index in [4.69, 9.17) is 4.74 Å². The number of H-pyrrole nitrogens is 1. The summed E-state index contributed by atoms with van der Waals surface area (Å²) in [4.78, 5) is 28.0. The first-order chi connectivity index (χ1) is 12.7. The zero-order chi connectivity index (χ0) is 19.6. The molecule has 1 aromatic carbocycles. The highest BCUT2D eigenvalue weighted by Gasteiger charge is 2.30. The average molecular weight is 371 g/mol. The molecule has 0 bridgehead atoms. The lowest BCUT2D eigenvalue weighted by Gasteiger charge is -2.33. The van der Waals surface area contributed by atoms with Gasteiger partial charge in [-0.15, -0.1) is 0 Å². The van der Waals surface area contributed by atoms with Crippen LogP contribution in [-0.2, 0) is 4.74 Å². The summed E-state index contributed by atoms with van der Waals surface area (Å²) in [6.07, 6.45) is 3.29. The maximum atomic E-state index is 12.7. The maximum Gasteiger partial charge on any atom is 0.407 e. The summed E-state index contributed by atoms with van der Waals surface area (Å²) in [5, 5.41) is 7.04. The molecule has 1 saturated carbocycles. The Bertz CT molecular complexity index is 835. The minimum atomic E-state index is -0.542. The predicted molar refractivity (Wildman–Crippen MR) is 106 cm³/mol. The van der Waals surface area contributed by atoms with Gasteiger partial charge in [0.2, 0.25) is 0 Å². The van der Waals surface area contributed by atoms with Gasteiger partial charge in [-0.3, -0.25) is 4.79 Å². The fraction of sp³-hybridized carbons (Fsp3) is 0.524. The van der Waals surface area contributed by atoms with Crippen LogP contribution in [-0.4, -0.2) is 34.7 Å². The quantitative estimate of drug-likeness (QED) is 0.761. The van der Waals surface area contributed by atoms with E-state index in [0.29, 0.717) is 5.69 Å². The van der Waals surface area contributed by atoms with E-state index in [1.54, 1.807) is 0 Å². The molecule has 2 aromatic rings. The molecular weight excluding hydrogens is 342 g/mol. The number of nitrogens with one attached hydrogen (secondary N) is 3. The third-order valence-electron chi connectivity index (χ3n) is 4.81. The number of carbonyl (C=O) groups excluding carboxylic acids is 2. The second-order valence-electron chi connectivity index (χ2n) is 8.39. The highest BCUT2D eigenvalue weighted by Crippen LogP contribution is 2.21. The van der Waals surface area contributed by atoms with Gasteiger partial charge in [-0.25, -0.2) is 4.79 Å². The number of alkyl carbamates (subject to hydrolysis) is 1. The molecule has 3 rings (SSSR count). The second kappa shape index (κ2) is 7.62. The van der Waals surface area contributed by atoms with Gasteiger partial charge in [-0.1, -0.05) is 24.5 Å². The molecule has 1 heterocycles. The summed E-state index contributed by atoms with van der Waals surface area (Å²) < 4.78 is 5.36. The molecule has 0 saturated heterocycles. The summed E-state index contributed by atoms with van der Waals surface area (Å²) in [5.74, 6) is -0.147. The van der Waals surface area contributed by atoms with E-state index >= 15 is 0 Å². The van der Waals surface area contributed by atoms with Crippen LogP contribution in [0.25, 0.3) is 10.9 Å². The van der Waals surface area contributed by atoms with Crippen molar-refractivity contribution in [2.75, 3.05) is 0 Å². The number of fused-ring (bicyclic) bond motifs is 1. The smallest absolute Gasteiger partial charge is 0.407 e. The van der Waals surface area contributed by atoms with Crippen LogP contribution in [0.1, 0.15) is 62.5 Å². The molecule has 2 amide bonds. The van der Waals surface area contributed by atoms with Crippen LogP contribution >= 0.6 is 0 Å².